The minimum absolute atomic E-state index is 0.125. The van der Waals surface area contributed by atoms with Crippen LogP contribution >= 0.6 is 11.6 Å². The van der Waals surface area contributed by atoms with E-state index in [4.69, 9.17) is 20.9 Å². The van der Waals surface area contributed by atoms with Crippen LogP contribution in [0.4, 0.5) is 0 Å². The van der Waals surface area contributed by atoms with Crippen molar-refractivity contribution >= 4 is 17.5 Å². The first kappa shape index (κ1) is 24.4. The fourth-order valence-electron chi connectivity index (χ4n) is 4.31. The number of hydrogen-bond donors (Lipinski definition) is 0. The molecular formula is C25H32ClN5O3. The maximum Gasteiger partial charge on any atom is 0.236 e. The maximum absolute atomic E-state index is 13.1. The molecule has 1 amide bonds. The first-order valence-electron chi connectivity index (χ1n) is 11.6. The molecule has 1 fully saturated rings. The molecule has 3 aromatic heterocycles. The van der Waals surface area contributed by atoms with E-state index in [9.17, 15) is 4.79 Å². The molecule has 0 saturated carbocycles. The molecule has 1 saturated heterocycles. The summed E-state index contributed by atoms with van der Waals surface area (Å²) in [7, 11) is 0. The molecule has 0 aromatic carbocycles. The zero-order chi connectivity index (χ0) is 24.2. The van der Waals surface area contributed by atoms with Crippen LogP contribution in [0.1, 0.15) is 36.6 Å². The molecule has 182 valence electrons. The lowest BCUT2D eigenvalue weighted by Gasteiger charge is -2.26. The zero-order valence-electron chi connectivity index (χ0n) is 20.2. The van der Waals surface area contributed by atoms with Crippen molar-refractivity contribution in [2.24, 2.45) is 5.92 Å². The summed E-state index contributed by atoms with van der Waals surface area (Å²) in [6, 6.07) is 7.75. The van der Waals surface area contributed by atoms with Crippen LogP contribution in [0.3, 0.4) is 0 Å². The van der Waals surface area contributed by atoms with Crippen molar-refractivity contribution in [3.05, 3.63) is 64.4 Å². The first-order valence-corrected chi connectivity index (χ1v) is 12.0. The van der Waals surface area contributed by atoms with Gasteiger partial charge in [0.05, 0.1) is 30.0 Å². The van der Waals surface area contributed by atoms with E-state index in [0.29, 0.717) is 50.3 Å². The molecule has 34 heavy (non-hydrogen) atoms. The van der Waals surface area contributed by atoms with Crippen LogP contribution in [0.2, 0.25) is 5.02 Å². The summed E-state index contributed by atoms with van der Waals surface area (Å²) in [5.74, 6) is 2.07. The van der Waals surface area contributed by atoms with Crippen molar-refractivity contribution in [1.29, 1.82) is 0 Å². The summed E-state index contributed by atoms with van der Waals surface area (Å²) in [4.78, 5) is 21.7. The number of carbonyl (C=O) groups is 1. The molecule has 1 aliphatic rings. The van der Waals surface area contributed by atoms with Crippen molar-refractivity contribution in [1.82, 2.24) is 24.5 Å². The molecule has 0 aliphatic carbocycles. The second-order valence-corrected chi connectivity index (χ2v) is 9.74. The fourth-order valence-corrected chi connectivity index (χ4v) is 4.42. The molecular weight excluding hydrogens is 454 g/mol. The number of halogens is 1. The highest BCUT2D eigenvalue weighted by atomic mass is 35.5. The Morgan fingerprint density at radius 1 is 1.24 bits per heavy atom. The fraction of sp³-hybridized carbons (Fsp3) is 0.480. The van der Waals surface area contributed by atoms with Gasteiger partial charge in [-0.05, 0) is 44.0 Å². The minimum atomic E-state index is -0.129. The third-order valence-corrected chi connectivity index (χ3v) is 6.23. The van der Waals surface area contributed by atoms with E-state index in [1.807, 2.05) is 47.7 Å². The van der Waals surface area contributed by atoms with Crippen LogP contribution in [0.5, 0.6) is 0 Å². The second-order valence-electron chi connectivity index (χ2n) is 9.30. The molecule has 8 nitrogen and oxygen atoms in total. The quantitative estimate of drug-likeness (QED) is 0.479. The average molecular weight is 486 g/mol. The van der Waals surface area contributed by atoms with Gasteiger partial charge in [-0.25, -0.2) is 4.98 Å². The molecule has 9 heteroatoms. The summed E-state index contributed by atoms with van der Waals surface area (Å²) in [5.41, 5.74) is 2.86. The van der Waals surface area contributed by atoms with Gasteiger partial charge in [0.2, 0.25) is 5.91 Å². The van der Waals surface area contributed by atoms with Crippen LogP contribution in [0, 0.1) is 19.8 Å². The zero-order valence-corrected chi connectivity index (χ0v) is 21.0. The second kappa shape index (κ2) is 10.7. The van der Waals surface area contributed by atoms with Gasteiger partial charge in [-0.3, -0.25) is 9.69 Å². The Hall–Kier alpha value is -2.68. The van der Waals surface area contributed by atoms with Gasteiger partial charge in [0.1, 0.15) is 11.6 Å². The lowest BCUT2D eigenvalue weighted by molar-refractivity contribution is -0.132. The summed E-state index contributed by atoms with van der Waals surface area (Å²) in [6.07, 6.45) is 3.48. The van der Waals surface area contributed by atoms with E-state index in [1.54, 1.807) is 6.20 Å². The Kier molecular flexibility index (Phi) is 7.70. The summed E-state index contributed by atoms with van der Waals surface area (Å²) in [5, 5.41) is 4.62. The van der Waals surface area contributed by atoms with E-state index >= 15 is 0 Å². The highest BCUT2D eigenvalue weighted by Crippen LogP contribution is 2.20. The van der Waals surface area contributed by atoms with Gasteiger partial charge in [-0.1, -0.05) is 30.6 Å². The van der Waals surface area contributed by atoms with Crippen molar-refractivity contribution in [2.45, 2.75) is 47.0 Å². The van der Waals surface area contributed by atoms with Gasteiger partial charge in [0, 0.05) is 49.8 Å². The molecule has 0 unspecified atom stereocenters. The van der Waals surface area contributed by atoms with Crippen molar-refractivity contribution in [3.63, 3.8) is 0 Å². The Labute approximate surface area is 205 Å². The number of nitrogens with zero attached hydrogens (tertiary/aromatic N) is 5. The van der Waals surface area contributed by atoms with Crippen LogP contribution in [0.25, 0.3) is 5.82 Å². The van der Waals surface area contributed by atoms with Gasteiger partial charge in [0.25, 0.3) is 0 Å². The van der Waals surface area contributed by atoms with Gasteiger partial charge in [-0.2, -0.15) is 0 Å². The lowest BCUT2D eigenvalue weighted by atomic mass is 10.2. The number of aromatic nitrogens is 3. The number of pyridine rings is 1. The van der Waals surface area contributed by atoms with Crippen molar-refractivity contribution in [3.8, 4) is 5.82 Å². The summed E-state index contributed by atoms with van der Waals surface area (Å²) < 4.78 is 13.6. The molecule has 0 bridgehead atoms. The highest BCUT2D eigenvalue weighted by Gasteiger charge is 2.29. The number of aryl methyl sites for hydroxylation is 2. The maximum atomic E-state index is 13.1. The molecule has 0 N–H and O–H groups in total. The number of amides is 1. The van der Waals surface area contributed by atoms with E-state index in [2.05, 4.69) is 35.0 Å². The molecule has 3 aromatic rings. The van der Waals surface area contributed by atoms with Crippen molar-refractivity contribution in [2.75, 3.05) is 26.2 Å². The van der Waals surface area contributed by atoms with E-state index in [1.165, 1.54) is 0 Å². The molecule has 0 spiro atoms. The molecule has 1 aliphatic heterocycles. The largest absolute Gasteiger partial charge is 0.370 e. The molecule has 4 heterocycles. The smallest absolute Gasteiger partial charge is 0.236 e. The topological polar surface area (TPSA) is 76.6 Å². The highest BCUT2D eigenvalue weighted by molar-refractivity contribution is 6.30. The Bertz CT molecular complexity index is 1090. The Morgan fingerprint density at radius 2 is 2.06 bits per heavy atom. The number of ether oxygens (including phenoxy) is 1. The van der Waals surface area contributed by atoms with E-state index in [-0.39, 0.29) is 12.0 Å². The van der Waals surface area contributed by atoms with Gasteiger partial charge >= 0.3 is 0 Å². The number of carbonyl (C=O) groups excluding carboxylic acids is 1. The molecule has 1 atom stereocenters. The summed E-state index contributed by atoms with van der Waals surface area (Å²) in [6.45, 7) is 11.3. The predicted octanol–water partition coefficient (Wildman–Crippen LogP) is 4.02. The third kappa shape index (κ3) is 5.87. The number of rotatable bonds is 8. The average Bonchev–Trinajstić information content (AvgIpc) is 3.33. The first-order chi connectivity index (χ1) is 16.3. The van der Waals surface area contributed by atoms with Crippen LogP contribution in [-0.2, 0) is 22.7 Å². The standard InChI is InChI=1S/C25H32ClN5O3/c1-17(2)11-30-14-22(33-16-23-18(3)28-34-19(23)4)13-29(15-25(30)32)12-21-6-5-9-31(21)24-8-7-20(26)10-27-24/h5-10,17,22H,11-16H2,1-4H3/t22-/m1/s1. The van der Waals surface area contributed by atoms with Gasteiger partial charge < -0.3 is 18.7 Å². The SMILES string of the molecule is Cc1noc(C)c1CO[C@@H]1CN(Cc2cccn2-c2ccc(Cl)cn2)CC(=O)N(CC(C)C)C1. The minimum Gasteiger partial charge on any atom is -0.370 e. The molecule has 4 rings (SSSR count). The van der Waals surface area contributed by atoms with Crippen LogP contribution in [0.15, 0.2) is 41.2 Å². The van der Waals surface area contributed by atoms with Crippen molar-refractivity contribution < 1.29 is 14.1 Å². The van der Waals surface area contributed by atoms with E-state index < -0.39 is 0 Å². The normalized spacial score (nSPS) is 17.5. The van der Waals surface area contributed by atoms with Crippen LogP contribution in [-0.4, -0.2) is 62.7 Å². The molecule has 0 radical (unpaired) electrons. The monoisotopic (exact) mass is 485 g/mol. The Morgan fingerprint density at radius 3 is 2.74 bits per heavy atom. The Balaban J connectivity index is 1.52. The summed E-state index contributed by atoms with van der Waals surface area (Å²) >= 11 is 6.01. The van der Waals surface area contributed by atoms with Gasteiger partial charge in [-0.15, -0.1) is 0 Å². The predicted molar refractivity (Wildman–Crippen MR) is 130 cm³/mol. The van der Waals surface area contributed by atoms with Crippen LogP contribution < -0.4 is 0 Å². The third-order valence-electron chi connectivity index (χ3n) is 6.00. The number of hydrogen-bond acceptors (Lipinski definition) is 6. The van der Waals surface area contributed by atoms with E-state index in [0.717, 1.165) is 28.5 Å². The lowest BCUT2D eigenvalue weighted by Crippen LogP contribution is -2.40. The van der Waals surface area contributed by atoms with Gasteiger partial charge in [0.15, 0.2) is 0 Å².